The number of piperazine rings is 1. The summed E-state index contributed by atoms with van der Waals surface area (Å²) in [5.41, 5.74) is 1.51. The number of H-pyrrole nitrogens is 1. The highest BCUT2D eigenvalue weighted by molar-refractivity contribution is 6.05. The van der Waals surface area contributed by atoms with Crippen LogP contribution < -0.4 is 10.2 Å². The van der Waals surface area contributed by atoms with Gasteiger partial charge in [0.15, 0.2) is 0 Å². The highest BCUT2D eigenvalue weighted by Gasteiger charge is 2.16. The molecule has 1 amide bonds. The number of fused-ring (bicyclic) bond motifs is 1. The molecule has 3 aromatic rings. The molecule has 0 radical (unpaired) electrons. The summed E-state index contributed by atoms with van der Waals surface area (Å²) in [6.45, 7) is 3.90. The number of halogens is 1. The summed E-state index contributed by atoms with van der Waals surface area (Å²) in [5.74, 6) is 0.231. The van der Waals surface area contributed by atoms with Gasteiger partial charge in [-0.3, -0.25) is 4.79 Å². The van der Waals surface area contributed by atoms with Crippen LogP contribution in [0.3, 0.4) is 0 Å². The first kappa shape index (κ1) is 16.5. The Kier molecular flexibility index (Phi) is 4.30. The third-order valence-corrected chi connectivity index (χ3v) is 4.69. The van der Waals surface area contributed by atoms with Gasteiger partial charge in [-0.25, -0.2) is 9.37 Å². The smallest absolute Gasteiger partial charge is 0.272 e. The molecule has 2 N–H and O–H groups in total. The maximum Gasteiger partial charge on any atom is 0.272 e. The van der Waals surface area contributed by atoms with Gasteiger partial charge in [0.25, 0.3) is 5.91 Å². The maximum atomic E-state index is 13.8. The molecule has 0 bridgehead atoms. The van der Waals surface area contributed by atoms with Crippen molar-refractivity contribution in [2.45, 2.75) is 0 Å². The third-order valence-electron chi connectivity index (χ3n) is 4.69. The molecular formula is C19H20FN5O. The van der Waals surface area contributed by atoms with Crippen molar-refractivity contribution >= 4 is 28.3 Å². The van der Waals surface area contributed by atoms with Crippen molar-refractivity contribution in [3.05, 3.63) is 54.1 Å². The van der Waals surface area contributed by atoms with E-state index in [0.717, 1.165) is 32.0 Å². The zero-order chi connectivity index (χ0) is 18.1. The molecule has 1 aliphatic rings. The summed E-state index contributed by atoms with van der Waals surface area (Å²) in [4.78, 5) is 24.3. The molecule has 1 aliphatic heterocycles. The van der Waals surface area contributed by atoms with Crippen molar-refractivity contribution in [3.8, 4) is 0 Å². The van der Waals surface area contributed by atoms with Crippen molar-refractivity contribution in [3.63, 3.8) is 0 Å². The minimum atomic E-state index is -0.351. The Morgan fingerprint density at radius 3 is 2.69 bits per heavy atom. The summed E-state index contributed by atoms with van der Waals surface area (Å²) < 4.78 is 13.8. The van der Waals surface area contributed by atoms with Gasteiger partial charge in [-0.15, -0.1) is 0 Å². The van der Waals surface area contributed by atoms with Gasteiger partial charge in [0, 0.05) is 37.1 Å². The number of aromatic amines is 1. The Morgan fingerprint density at radius 2 is 2.00 bits per heavy atom. The molecule has 4 rings (SSSR count). The number of nitrogens with one attached hydrogen (secondary N) is 2. The van der Waals surface area contributed by atoms with Gasteiger partial charge >= 0.3 is 0 Å². The predicted molar refractivity (Wildman–Crippen MR) is 100 cm³/mol. The molecule has 0 atom stereocenters. The summed E-state index contributed by atoms with van der Waals surface area (Å²) in [5, 5.41) is 3.20. The number of hydrogen-bond donors (Lipinski definition) is 2. The second-order valence-corrected chi connectivity index (χ2v) is 6.53. The number of pyridine rings is 1. The maximum absolute atomic E-state index is 13.8. The van der Waals surface area contributed by atoms with E-state index in [1.165, 1.54) is 12.1 Å². The van der Waals surface area contributed by atoms with E-state index in [9.17, 15) is 9.18 Å². The monoisotopic (exact) mass is 353 g/mol. The largest absolute Gasteiger partial charge is 0.354 e. The number of carbonyl (C=O) groups excluding carboxylic acids is 1. The lowest BCUT2D eigenvalue weighted by molar-refractivity contribution is 0.102. The van der Waals surface area contributed by atoms with E-state index in [1.54, 1.807) is 18.3 Å². The molecule has 1 fully saturated rings. The Labute approximate surface area is 150 Å². The van der Waals surface area contributed by atoms with Crippen molar-refractivity contribution in [2.75, 3.05) is 43.4 Å². The fraction of sp³-hybridized carbons (Fsp3) is 0.263. The van der Waals surface area contributed by atoms with Crippen LogP contribution in [0.4, 0.5) is 15.9 Å². The number of aromatic nitrogens is 2. The van der Waals surface area contributed by atoms with Crippen LogP contribution in [0.15, 0.2) is 42.6 Å². The van der Waals surface area contributed by atoms with Crippen LogP contribution in [-0.4, -0.2) is 54.0 Å². The third kappa shape index (κ3) is 3.25. The molecule has 0 aliphatic carbocycles. The van der Waals surface area contributed by atoms with Crippen LogP contribution in [-0.2, 0) is 0 Å². The molecule has 1 aromatic carbocycles. The fourth-order valence-electron chi connectivity index (χ4n) is 3.12. The Balaban J connectivity index is 1.46. The van der Waals surface area contributed by atoms with E-state index < -0.39 is 0 Å². The van der Waals surface area contributed by atoms with E-state index in [2.05, 4.69) is 32.1 Å². The second kappa shape index (κ2) is 6.76. The number of nitrogens with zero attached hydrogens (tertiary/aromatic N) is 3. The average Bonchev–Trinajstić information content (AvgIpc) is 3.09. The van der Waals surface area contributed by atoms with E-state index in [0.29, 0.717) is 22.3 Å². The number of anilines is 2. The Hall–Kier alpha value is -2.93. The van der Waals surface area contributed by atoms with Gasteiger partial charge in [0.1, 0.15) is 17.3 Å². The van der Waals surface area contributed by atoms with Crippen LogP contribution in [0.25, 0.3) is 10.9 Å². The SMILES string of the molecule is CN1CCN(c2ccc(NC(=O)c3cc4c(F)cccc4[nH]3)cn2)CC1. The summed E-state index contributed by atoms with van der Waals surface area (Å²) in [6.07, 6.45) is 1.65. The standard InChI is InChI=1S/C19H20FN5O/c1-24-7-9-25(10-8-24)18-6-5-13(12-21-18)22-19(26)17-11-14-15(20)3-2-4-16(14)23-17/h2-6,11-12,23H,7-10H2,1H3,(H,22,26). The van der Waals surface area contributed by atoms with E-state index in [1.807, 2.05) is 12.1 Å². The first-order valence-corrected chi connectivity index (χ1v) is 8.58. The summed E-state index contributed by atoms with van der Waals surface area (Å²) in [6, 6.07) is 9.98. The van der Waals surface area contributed by atoms with Gasteiger partial charge in [-0.1, -0.05) is 6.07 Å². The zero-order valence-corrected chi connectivity index (χ0v) is 14.5. The van der Waals surface area contributed by atoms with E-state index in [-0.39, 0.29) is 11.7 Å². The van der Waals surface area contributed by atoms with Crippen LogP contribution in [0.5, 0.6) is 0 Å². The summed E-state index contributed by atoms with van der Waals surface area (Å²) >= 11 is 0. The number of carbonyl (C=O) groups is 1. The number of benzene rings is 1. The van der Waals surface area contributed by atoms with Crippen LogP contribution >= 0.6 is 0 Å². The predicted octanol–water partition coefficient (Wildman–Crippen LogP) is 2.71. The molecule has 1 saturated heterocycles. The topological polar surface area (TPSA) is 64.3 Å². The Bertz CT molecular complexity index is 929. The van der Waals surface area contributed by atoms with Gasteiger partial charge in [-0.2, -0.15) is 0 Å². The number of rotatable bonds is 3. The van der Waals surface area contributed by atoms with Gasteiger partial charge in [-0.05, 0) is 37.4 Å². The molecule has 134 valence electrons. The molecular weight excluding hydrogens is 333 g/mol. The average molecular weight is 353 g/mol. The number of amides is 1. The molecule has 26 heavy (non-hydrogen) atoms. The molecule has 0 spiro atoms. The highest BCUT2D eigenvalue weighted by atomic mass is 19.1. The quantitative estimate of drug-likeness (QED) is 0.760. The second-order valence-electron chi connectivity index (χ2n) is 6.53. The molecule has 3 heterocycles. The molecule has 2 aromatic heterocycles. The highest BCUT2D eigenvalue weighted by Crippen LogP contribution is 2.20. The fourth-order valence-corrected chi connectivity index (χ4v) is 3.12. The normalized spacial score (nSPS) is 15.4. The molecule has 0 saturated carbocycles. The van der Waals surface area contributed by atoms with Gasteiger partial charge < -0.3 is 20.1 Å². The number of hydrogen-bond acceptors (Lipinski definition) is 4. The van der Waals surface area contributed by atoms with Crippen LogP contribution in [0.2, 0.25) is 0 Å². The number of likely N-dealkylation sites (N-methyl/N-ethyl adjacent to an activating group) is 1. The van der Waals surface area contributed by atoms with E-state index >= 15 is 0 Å². The lowest BCUT2D eigenvalue weighted by Crippen LogP contribution is -2.44. The molecule has 7 heteroatoms. The van der Waals surface area contributed by atoms with Crippen molar-refractivity contribution in [1.29, 1.82) is 0 Å². The van der Waals surface area contributed by atoms with Gasteiger partial charge in [0.2, 0.25) is 0 Å². The van der Waals surface area contributed by atoms with Crippen molar-refractivity contribution < 1.29 is 9.18 Å². The first-order valence-electron chi connectivity index (χ1n) is 8.58. The van der Waals surface area contributed by atoms with E-state index in [4.69, 9.17) is 0 Å². The molecule has 6 nitrogen and oxygen atoms in total. The van der Waals surface area contributed by atoms with Crippen LogP contribution in [0.1, 0.15) is 10.5 Å². The lowest BCUT2D eigenvalue weighted by atomic mass is 10.2. The minimum absolute atomic E-state index is 0.313. The van der Waals surface area contributed by atoms with Crippen molar-refractivity contribution in [1.82, 2.24) is 14.9 Å². The lowest BCUT2D eigenvalue weighted by Gasteiger charge is -2.33. The minimum Gasteiger partial charge on any atom is -0.354 e. The Morgan fingerprint density at radius 1 is 1.19 bits per heavy atom. The van der Waals surface area contributed by atoms with Gasteiger partial charge in [0.05, 0.1) is 11.9 Å². The summed E-state index contributed by atoms with van der Waals surface area (Å²) in [7, 11) is 2.11. The first-order chi connectivity index (χ1) is 12.6. The molecule has 0 unspecified atom stereocenters. The van der Waals surface area contributed by atoms with Crippen LogP contribution in [0, 0.1) is 5.82 Å². The van der Waals surface area contributed by atoms with Crippen molar-refractivity contribution in [2.24, 2.45) is 0 Å². The zero-order valence-electron chi connectivity index (χ0n) is 14.5.